The maximum Gasteiger partial charge on any atom is 0.265 e. The van der Waals surface area contributed by atoms with Gasteiger partial charge in [0, 0.05) is 13.1 Å². The molecule has 0 bridgehead atoms. The molecule has 0 fully saturated rings. The SMILES string of the molecule is Cc1nn(C)c(C)c1S(=O)(=O)Nc1ccccc1C(C)N. The molecular formula is C14H20N4O2S. The standard InChI is InChI=1S/C14H20N4O2S/c1-9(15)12-7-5-6-8-13(12)17-21(19,20)14-10(2)16-18(4)11(14)3/h5-9,17H,15H2,1-4H3. The molecule has 1 atom stereocenters. The third kappa shape index (κ3) is 2.93. The van der Waals surface area contributed by atoms with E-state index in [9.17, 15) is 8.42 Å². The lowest BCUT2D eigenvalue weighted by Gasteiger charge is -2.15. The summed E-state index contributed by atoms with van der Waals surface area (Å²) in [6.07, 6.45) is 0. The normalized spacial score (nSPS) is 13.2. The molecule has 1 aromatic carbocycles. The van der Waals surface area contributed by atoms with Crippen LogP contribution in [0.15, 0.2) is 29.2 Å². The van der Waals surface area contributed by atoms with E-state index >= 15 is 0 Å². The van der Waals surface area contributed by atoms with Crippen molar-refractivity contribution in [3.8, 4) is 0 Å². The third-order valence-electron chi connectivity index (χ3n) is 3.41. The molecule has 2 rings (SSSR count). The monoisotopic (exact) mass is 308 g/mol. The lowest BCUT2D eigenvalue weighted by Crippen LogP contribution is -2.17. The Morgan fingerprint density at radius 1 is 1.29 bits per heavy atom. The highest BCUT2D eigenvalue weighted by Gasteiger charge is 2.24. The molecule has 3 N–H and O–H groups in total. The molecule has 2 aromatic rings. The number of para-hydroxylation sites is 1. The Morgan fingerprint density at radius 2 is 1.90 bits per heavy atom. The Labute approximate surface area is 125 Å². The van der Waals surface area contributed by atoms with Crippen LogP contribution in [0.2, 0.25) is 0 Å². The number of anilines is 1. The quantitative estimate of drug-likeness (QED) is 0.902. The number of hydrogen-bond donors (Lipinski definition) is 2. The van der Waals surface area contributed by atoms with Crippen LogP contribution in [0.3, 0.4) is 0 Å². The van der Waals surface area contributed by atoms with Gasteiger partial charge in [0.05, 0.1) is 17.1 Å². The van der Waals surface area contributed by atoms with Gasteiger partial charge in [0.15, 0.2) is 0 Å². The highest BCUT2D eigenvalue weighted by Crippen LogP contribution is 2.26. The fourth-order valence-electron chi connectivity index (χ4n) is 2.33. The van der Waals surface area contributed by atoms with E-state index in [2.05, 4.69) is 9.82 Å². The first kappa shape index (κ1) is 15.5. The van der Waals surface area contributed by atoms with E-state index in [0.29, 0.717) is 17.1 Å². The average Bonchev–Trinajstić information content (AvgIpc) is 2.63. The fourth-order valence-corrected chi connectivity index (χ4v) is 3.85. The van der Waals surface area contributed by atoms with E-state index in [1.54, 1.807) is 37.7 Å². The van der Waals surface area contributed by atoms with Crippen LogP contribution in [0.25, 0.3) is 0 Å². The summed E-state index contributed by atoms with van der Waals surface area (Å²) >= 11 is 0. The minimum absolute atomic E-state index is 0.212. The van der Waals surface area contributed by atoms with Crippen molar-refractivity contribution in [3.05, 3.63) is 41.2 Å². The van der Waals surface area contributed by atoms with Crippen molar-refractivity contribution in [1.29, 1.82) is 0 Å². The van der Waals surface area contributed by atoms with E-state index < -0.39 is 10.0 Å². The molecular weight excluding hydrogens is 288 g/mol. The van der Waals surface area contributed by atoms with Crippen molar-refractivity contribution < 1.29 is 8.42 Å². The van der Waals surface area contributed by atoms with Crippen LogP contribution in [-0.2, 0) is 17.1 Å². The number of aryl methyl sites for hydroxylation is 2. The van der Waals surface area contributed by atoms with Crippen LogP contribution in [0.1, 0.15) is 29.9 Å². The Bertz CT molecular complexity index is 763. The smallest absolute Gasteiger partial charge is 0.265 e. The Balaban J connectivity index is 2.48. The summed E-state index contributed by atoms with van der Waals surface area (Å²) in [4.78, 5) is 0.212. The van der Waals surface area contributed by atoms with Crippen molar-refractivity contribution in [2.24, 2.45) is 12.8 Å². The Morgan fingerprint density at radius 3 is 2.43 bits per heavy atom. The van der Waals surface area contributed by atoms with Crippen LogP contribution in [0.4, 0.5) is 5.69 Å². The first-order valence-corrected chi connectivity index (χ1v) is 8.10. The predicted octanol–water partition coefficient (Wildman–Crippen LogP) is 1.86. The van der Waals surface area contributed by atoms with Crippen LogP contribution < -0.4 is 10.5 Å². The van der Waals surface area contributed by atoms with Gasteiger partial charge >= 0.3 is 0 Å². The van der Waals surface area contributed by atoms with Crippen molar-refractivity contribution in [3.63, 3.8) is 0 Å². The van der Waals surface area contributed by atoms with Gasteiger partial charge in [-0.25, -0.2) is 8.42 Å². The molecule has 1 unspecified atom stereocenters. The van der Waals surface area contributed by atoms with Gasteiger partial charge in [-0.05, 0) is 32.4 Å². The van der Waals surface area contributed by atoms with Gasteiger partial charge in [0.1, 0.15) is 4.90 Å². The molecule has 1 heterocycles. The predicted molar refractivity (Wildman–Crippen MR) is 82.5 cm³/mol. The minimum atomic E-state index is -3.70. The van der Waals surface area contributed by atoms with Gasteiger partial charge in [0.2, 0.25) is 0 Å². The number of sulfonamides is 1. The summed E-state index contributed by atoms with van der Waals surface area (Å²) in [6.45, 7) is 5.22. The maximum absolute atomic E-state index is 12.6. The Hall–Kier alpha value is -1.86. The van der Waals surface area contributed by atoms with Gasteiger partial charge in [-0.3, -0.25) is 9.40 Å². The fraction of sp³-hybridized carbons (Fsp3) is 0.357. The summed E-state index contributed by atoms with van der Waals surface area (Å²) in [7, 11) is -1.98. The molecule has 1 aromatic heterocycles. The van der Waals surface area contributed by atoms with Gasteiger partial charge < -0.3 is 5.73 Å². The molecule has 6 nitrogen and oxygen atoms in total. The molecule has 0 aliphatic carbocycles. The third-order valence-corrected chi connectivity index (χ3v) is 5.02. The second-order valence-corrected chi connectivity index (χ2v) is 6.72. The number of benzene rings is 1. The first-order valence-electron chi connectivity index (χ1n) is 6.61. The van der Waals surface area contributed by atoms with Crippen molar-refractivity contribution in [2.45, 2.75) is 31.7 Å². The van der Waals surface area contributed by atoms with Crippen LogP contribution in [0.5, 0.6) is 0 Å². The number of nitrogens with two attached hydrogens (primary N) is 1. The van der Waals surface area contributed by atoms with E-state index in [0.717, 1.165) is 5.56 Å². The van der Waals surface area contributed by atoms with Crippen molar-refractivity contribution in [2.75, 3.05) is 4.72 Å². The number of hydrogen-bond acceptors (Lipinski definition) is 4. The molecule has 0 saturated heterocycles. The highest BCUT2D eigenvalue weighted by atomic mass is 32.2. The van der Waals surface area contributed by atoms with Crippen molar-refractivity contribution in [1.82, 2.24) is 9.78 Å². The van der Waals surface area contributed by atoms with Crippen LogP contribution in [-0.4, -0.2) is 18.2 Å². The van der Waals surface area contributed by atoms with Gasteiger partial charge in [-0.1, -0.05) is 18.2 Å². The number of rotatable bonds is 4. The maximum atomic E-state index is 12.6. The average molecular weight is 308 g/mol. The van der Waals surface area contributed by atoms with Crippen LogP contribution in [0, 0.1) is 13.8 Å². The molecule has 21 heavy (non-hydrogen) atoms. The molecule has 0 saturated carbocycles. The summed E-state index contributed by atoms with van der Waals surface area (Å²) in [5.74, 6) is 0. The molecule has 0 aliphatic heterocycles. The Kier molecular flexibility index (Phi) is 4.06. The molecule has 7 heteroatoms. The van der Waals surface area contributed by atoms with E-state index in [4.69, 9.17) is 5.73 Å². The first-order chi connectivity index (χ1) is 9.74. The minimum Gasteiger partial charge on any atom is -0.324 e. The molecule has 0 radical (unpaired) electrons. The van der Waals surface area contributed by atoms with E-state index in [1.807, 2.05) is 19.1 Å². The zero-order valence-corrected chi connectivity index (χ0v) is 13.4. The molecule has 0 aliphatic rings. The van der Waals surface area contributed by atoms with E-state index in [-0.39, 0.29) is 10.9 Å². The summed E-state index contributed by atoms with van der Waals surface area (Å²) in [5, 5.41) is 4.15. The molecule has 114 valence electrons. The number of nitrogens with one attached hydrogen (secondary N) is 1. The lowest BCUT2D eigenvalue weighted by molar-refractivity contribution is 0.599. The molecule has 0 spiro atoms. The lowest BCUT2D eigenvalue weighted by atomic mass is 10.1. The summed E-state index contributed by atoms with van der Waals surface area (Å²) in [6, 6.07) is 6.85. The second-order valence-electron chi connectivity index (χ2n) is 5.10. The summed E-state index contributed by atoms with van der Waals surface area (Å²) in [5.41, 5.74) is 8.20. The zero-order chi connectivity index (χ0) is 15.8. The largest absolute Gasteiger partial charge is 0.324 e. The summed E-state index contributed by atoms with van der Waals surface area (Å²) < 4.78 is 29.4. The number of aromatic nitrogens is 2. The van der Waals surface area contributed by atoms with Crippen LogP contribution >= 0.6 is 0 Å². The van der Waals surface area contributed by atoms with Gasteiger partial charge in [0.25, 0.3) is 10.0 Å². The highest BCUT2D eigenvalue weighted by molar-refractivity contribution is 7.92. The molecule has 0 amide bonds. The van der Waals surface area contributed by atoms with Gasteiger partial charge in [-0.15, -0.1) is 0 Å². The number of nitrogens with zero attached hydrogens (tertiary/aromatic N) is 2. The van der Waals surface area contributed by atoms with Gasteiger partial charge in [-0.2, -0.15) is 5.10 Å². The van der Waals surface area contributed by atoms with E-state index in [1.165, 1.54) is 0 Å². The topological polar surface area (TPSA) is 90.0 Å². The van der Waals surface area contributed by atoms with Crippen molar-refractivity contribution >= 4 is 15.7 Å². The second kappa shape index (κ2) is 5.50. The zero-order valence-electron chi connectivity index (χ0n) is 12.6.